The predicted octanol–water partition coefficient (Wildman–Crippen LogP) is 4.44. The molecule has 0 saturated carbocycles. The van der Waals surface area contributed by atoms with Gasteiger partial charge in [-0.1, -0.05) is 19.1 Å². The fourth-order valence-corrected chi connectivity index (χ4v) is 4.34. The zero-order valence-electron chi connectivity index (χ0n) is 18.5. The third kappa shape index (κ3) is 4.74. The molecule has 1 N–H and O–H groups in total. The number of carbonyl (C=O) groups excluding carboxylic acids is 1. The highest BCUT2D eigenvalue weighted by Gasteiger charge is 2.22. The molecule has 4 rings (SSSR count). The highest BCUT2D eigenvalue weighted by Crippen LogP contribution is 2.29. The molecule has 1 aliphatic rings. The van der Waals surface area contributed by atoms with E-state index in [-0.39, 0.29) is 24.2 Å². The van der Waals surface area contributed by atoms with E-state index in [1.54, 1.807) is 12.3 Å². The van der Waals surface area contributed by atoms with Gasteiger partial charge in [0.25, 0.3) is 0 Å². The number of hydrogen-bond acceptors (Lipinski definition) is 4. The summed E-state index contributed by atoms with van der Waals surface area (Å²) in [6.07, 6.45) is 1.87. The molecule has 0 spiro atoms. The molecule has 31 heavy (non-hydrogen) atoms. The van der Waals surface area contributed by atoms with Crippen LogP contribution in [0.15, 0.2) is 47.1 Å². The normalized spacial score (nSPS) is 15.9. The largest absolute Gasteiger partial charge is 0.464 e. The molecule has 1 aliphatic heterocycles. The highest BCUT2D eigenvalue weighted by molar-refractivity contribution is 5.88. The van der Waals surface area contributed by atoms with Gasteiger partial charge in [0, 0.05) is 48.4 Å². The summed E-state index contributed by atoms with van der Waals surface area (Å²) in [5, 5.41) is 4.01. The van der Waals surface area contributed by atoms with Crippen molar-refractivity contribution >= 4 is 22.6 Å². The van der Waals surface area contributed by atoms with Crippen molar-refractivity contribution in [2.24, 2.45) is 0 Å². The van der Waals surface area contributed by atoms with Gasteiger partial charge >= 0.3 is 0 Å². The summed E-state index contributed by atoms with van der Waals surface area (Å²) in [6.45, 7) is 10.9. The van der Waals surface area contributed by atoms with Gasteiger partial charge in [0.1, 0.15) is 11.4 Å². The number of aryl methyl sites for hydroxylation is 1. The molecule has 164 valence electrons. The van der Waals surface area contributed by atoms with E-state index in [1.165, 1.54) is 6.07 Å². The number of nitrogens with zero attached hydrogens (tertiary/aromatic N) is 2. The first kappa shape index (κ1) is 21.4. The van der Waals surface area contributed by atoms with Crippen LogP contribution >= 0.6 is 0 Å². The average molecular weight is 424 g/mol. The zero-order chi connectivity index (χ0) is 22.0. The van der Waals surface area contributed by atoms with Crippen molar-refractivity contribution in [3.63, 3.8) is 0 Å². The van der Waals surface area contributed by atoms with E-state index in [4.69, 9.17) is 4.42 Å². The van der Waals surface area contributed by atoms with Crippen molar-refractivity contribution in [2.75, 3.05) is 37.6 Å². The van der Waals surface area contributed by atoms with Crippen molar-refractivity contribution in [3.05, 3.63) is 65.2 Å². The lowest BCUT2D eigenvalue weighted by Gasteiger charge is -2.37. The van der Waals surface area contributed by atoms with Gasteiger partial charge in [0.15, 0.2) is 0 Å². The van der Waals surface area contributed by atoms with Crippen LogP contribution in [0.1, 0.15) is 36.6 Å². The smallest absolute Gasteiger partial charge is 0.225 e. The van der Waals surface area contributed by atoms with E-state index in [9.17, 15) is 9.18 Å². The van der Waals surface area contributed by atoms with Crippen molar-refractivity contribution in [3.8, 4) is 0 Å². The van der Waals surface area contributed by atoms with Crippen molar-refractivity contribution in [1.82, 2.24) is 10.2 Å². The number of piperazine rings is 1. The number of benzene rings is 2. The SMILES string of the molecule is CCN1CCN(c2ccc(F)cc2C(C)NC(=O)Cc2coc3cc(C)ccc23)CC1. The number of hydrogen-bond donors (Lipinski definition) is 1. The van der Waals surface area contributed by atoms with Crippen LogP contribution in [0.2, 0.25) is 0 Å². The molecule has 3 aromatic rings. The Morgan fingerprint density at radius 3 is 2.68 bits per heavy atom. The van der Waals surface area contributed by atoms with Crippen LogP contribution in [-0.4, -0.2) is 43.5 Å². The van der Waals surface area contributed by atoms with Gasteiger partial charge < -0.3 is 19.5 Å². The molecular formula is C25H30FN3O2. The molecule has 1 atom stereocenters. The number of amides is 1. The van der Waals surface area contributed by atoms with Gasteiger partial charge in [-0.2, -0.15) is 0 Å². The number of carbonyl (C=O) groups is 1. The molecule has 1 fully saturated rings. The number of halogens is 1. The quantitative estimate of drug-likeness (QED) is 0.637. The molecule has 2 aromatic carbocycles. The van der Waals surface area contributed by atoms with Gasteiger partial charge in [-0.25, -0.2) is 4.39 Å². The summed E-state index contributed by atoms with van der Waals surface area (Å²) in [6, 6.07) is 10.5. The molecule has 0 bridgehead atoms. The van der Waals surface area contributed by atoms with E-state index in [2.05, 4.69) is 22.0 Å². The number of likely N-dealkylation sites (N-methyl/N-ethyl adjacent to an activating group) is 1. The maximum absolute atomic E-state index is 14.1. The van der Waals surface area contributed by atoms with Crippen molar-refractivity contribution < 1.29 is 13.6 Å². The lowest BCUT2D eigenvalue weighted by atomic mass is 10.0. The zero-order valence-corrected chi connectivity index (χ0v) is 18.5. The fourth-order valence-electron chi connectivity index (χ4n) is 4.34. The standard InChI is InChI=1S/C25H30FN3O2/c1-4-28-9-11-29(12-10-28)23-8-6-20(26)15-22(23)18(3)27-25(30)14-19-16-31-24-13-17(2)5-7-21(19)24/h5-8,13,15-16,18H,4,9-12,14H2,1-3H3,(H,27,30). The highest BCUT2D eigenvalue weighted by atomic mass is 19.1. The molecule has 1 saturated heterocycles. The fraction of sp³-hybridized carbons (Fsp3) is 0.400. The minimum atomic E-state index is -0.303. The Balaban J connectivity index is 1.48. The maximum Gasteiger partial charge on any atom is 0.225 e. The molecule has 0 aliphatic carbocycles. The number of nitrogens with one attached hydrogen (secondary N) is 1. The number of furan rings is 1. The molecular weight excluding hydrogens is 393 g/mol. The summed E-state index contributed by atoms with van der Waals surface area (Å²) in [7, 11) is 0. The van der Waals surface area contributed by atoms with Gasteiger partial charge in [0.05, 0.1) is 18.7 Å². The van der Waals surface area contributed by atoms with Crippen LogP contribution in [0, 0.1) is 12.7 Å². The number of fused-ring (bicyclic) bond motifs is 1. The second-order valence-electron chi connectivity index (χ2n) is 8.35. The maximum atomic E-state index is 14.1. The van der Waals surface area contributed by atoms with Crippen LogP contribution in [0.3, 0.4) is 0 Å². The monoisotopic (exact) mass is 423 g/mol. The molecule has 2 heterocycles. The summed E-state index contributed by atoms with van der Waals surface area (Å²) in [4.78, 5) is 17.5. The molecule has 5 nitrogen and oxygen atoms in total. The topological polar surface area (TPSA) is 48.7 Å². The van der Waals surface area contributed by atoms with E-state index < -0.39 is 0 Å². The Kier molecular flexibility index (Phi) is 6.28. The van der Waals surface area contributed by atoms with Crippen LogP contribution in [-0.2, 0) is 11.2 Å². The van der Waals surface area contributed by atoms with E-state index in [1.807, 2.05) is 38.1 Å². The number of rotatable bonds is 6. The Bertz CT molecular complexity index is 1070. The van der Waals surface area contributed by atoms with E-state index >= 15 is 0 Å². The van der Waals surface area contributed by atoms with E-state index in [0.29, 0.717) is 0 Å². The van der Waals surface area contributed by atoms with Crippen LogP contribution in [0.4, 0.5) is 10.1 Å². The molecule has 6 heteroatoms. The summed E-state index contributed by atoms with van der Waals surface area (Å²) in [5.41, 5.74) is 4.56. The summed E-state index contributed by atoms with van der Waals surface area (Å²) >= 11 is 0. The van der Waals surface area contributed by atoms with Gasteiger partial charge in [-0.15, -0.1) is 0 Å². The van der Waals surface area contributed by atoms with E-state index in [0.717, 1.165) is 66.1 Å². The molecule has 1 aromatic heterocycles. The minimum Gasteiger partial charge on any atom is -0.464 e. The van der Waals surface area contributed by atoms with Crippen molar-refractivity contribution in [1.29, 1.82) is 0 Å². The minimum absolute atomic E-state index is 0.109. The predicted molar refractivity (Wildman–Crippen MR) is 122 cm³/mol. The lowest BCUT2D eigenvalue weighted by Crippen LogP contribution is -2.46. The van der Waals surface area contributed by atoms with Gasteiger partial charge in [-0.3, -0.25) is 4.79 Å². The van der Waals surface area contributed by atoms with Crippen LogP contribution in [0.5, 0.6) is 0 Å². The summed E-state index contributed by atoms with van der Waals surface area (Å²) in [5.74, 6) is -0.398. The van der Waals surface area contributed by atoms with Crippen LogP contribution < -0.4 is 10.2 Å². The summed E-state index contributed by atoms with van der Waals surface area (Å²) < 4.78 is 19.7. The third-order valence-corrected chi connectivity index (χ3v) is 6.16. The number of anilines is 1. The first-order chi connectivity index (χ1) is 14.9. The Morgan fingerprint density at radius 1 is 1.16 bits per heavy atom. The third-order valence-electron chi connectivity index (χ3n) is 6.16. The Labute approximate surface area is 182 Å². The molecule has 0 radical (unpaired) electrons. The van der Waals surface area contributed by atoms with Gasteiger partial charge in [-0.05, 0) is 50.2 Å². The second-order valence-corrected chi connectivity index (χ2v) is 8.35. The second kappa shape index (κ2) is 9.10. The first-order valence-corrected chi connectivity index (χ1v) is 11.0. The van der Waals surface area contributed by atoms with Gasteiger partial charge in [0.2, 0.25) is 5.91 Å². The Hall–Kier alpha value is -2.86. The average Bonchev–Trinajstić information content (AvgIpc) is 3.15. The molecule has 1 unspecified atom stereocenters. The van der Waals surface area contributed by atoms with Crippen molar-refractivity contribution in [2.45, 2.75) is 33.2 Å². The lowest BCUT2D eigenvalue weighted by molar-refractivity contribution is -0.121. The Morgan fingerprint density at radius 2 is 1.94 bits per heavy atom. The first-order valence-electron chi connectivity index (χ1n) is 11.0. The molecule has 1 amide bonds. The van der Waals surface area contributed by atoms with Crippen LogP contribution in [0.25, 0.3) is 11.0 Å².